The summed E-state index contributed by atoms with van der Waals surface area (Å²) in [7, 11) is 1.63. The van der Waals surface area contributed by atoms with Crippen molar-refractivity contribution in [2.75, 3.05) is 20.2 Å². The number of methoxy groups -OCH3 is 1. The standard InChI is InChI=1S/C14H22N2O2/c1-10-5-12(15)9-16(7-10)8-11-6-13(18-2)3-4-14(11)17/h3-4,6,10,12,17H,5,7-9,15H2,1-2H3. The molecule has 1 aliphatic heterocycles. The van der Waals surface area contributed by atoms with Crippen molar-refractivity contribution in [3.63, 3.8) is 0 Å². The van der Waals surface area contributed by atoms with Gasteiger partial charge in [-0.05, 0) is 30.5 Å². The van der Waals surface area contributed by atoms with Crippen LogP contribution in [0, 0.1) is 5.92 Å². The Morgan fingerprint density at radius 2 is 2.22 bits per heavy atom. The number of phenolic OH excluding ortho intramolecular Hbond substituents is 1. The van der Waals surface area contributed by atoms with Crippen molar-refractivity contribution >= 4 is 0 Å². The van der Waals surface area contributed by atoms with Crippen molar-refractivity contribution < 1.29 is 9.84 Å². The zero-order valence-electron chi connectivity index (χ0n) is 11.1. The highest BCUT2D eigenvalue weighted by Crippen LogP contribution is 2.26. The minimum atomic E-state index is 0.238. The van der Waals surface area contributed by atoms with Crippen LogP contribution in [0.2, 0.25) is 0 Å². The van der Waals surface area contributed by atoms with E-state index in [9.17, 15) is 5.11 Å². The third kappa shape index (κ3) is 3.15. The van der Waals surface area contributed by atoms with Crippen LogP contribution in [0.1, 0.15) is 18.9 Å². The second-order valence-electron chi connectivity index (χ2n) is 5.29. The van der Waals surface area contributed by atoms with Crippen molar-refractivity contribution in [3.8, 4) is 11.5 Å². The number of likely N-dealkylation sites (tertiary alicyclic amines) is 1. The number of hydrogen-bond donors (Lipinski definition) is 2. The second-order valence-corrected chi connectivity index (χ2v) is 5.29. The fourth-order valence-corrected chi connectivity index (χ4v) is 2.70. The van der Waals surface area contributed by atoms with Crippen molar-refractivity contribution in [2.45, 2.75) is 25.9 Å². The molecule has 18 heavy (non-hydrogen) atoms. The van der Waals surface area contributed by atoms with Gasteiger partial charge in [0, 0.05) is 31.2 Å². The molecule has 1 aromatic rings. The van der Waals surface area contributed by atoms with Gasteiger partial charge < -0.3 is 15.6 Å². The minimum Gasteiger partial charge on any atom is -0.508 e. The summed E-state index contributed by atoms with van der Waals surface area (Å²) in [5, 5.41) is 9.88. The first-order chi connectivity index (χ1) is 8.58. The molecular weight excluding hydrogens is 228 g/mol. The van der Waals surface area contributed by atoms with Gasteiger partial charge in [-0.2, -0.15) is 0 Å². The van der Waals surface area contributed by atoms with Gasteiger partial charge in [-0.1, -0.05) is 6.92 Å². The lowest BCUT2D eigenvalue weighted by Gasteiger charge is -2.34. The Bertz CT molecular complexity index is 399. The highest BCUT2D eigenvalue weighted by Gasteiger charge is 2.22. The van der Waals surface area contributed by atoms with Crippen LogP contribution < -0.4 is 10.5 Å². The summed E-state index contributed by atoms with van der Waals surface area (Å²) in [5.41, 5.74) is 6.93. The van der Waals surface area contributed by atoms with Crippen LogP contribution in [0.3, 0.4) is 0 Å². The van der Waals surface area contributed by atoms with E-state index in [1.165, 1.54) is 0 Å². The lowest BCUT2D eigenvalue weighted by Crippen LogP contribution is -2.45. The Kier molecular flexibility index (Phi) is 4.09. The number of hydrogen-bond acceptors (Lipinski definition) is 4. The van der Waals surface area contributed by atoms with Crippen LogP contribution in [0.4, 0.5) is 0 Å². The predicted octanol–water partition coefficient (Wildman–Crippen LogP) is 1.57. The van der Waals surface area contributed by atoms with E-state index < -0.39 is 0 Å². The Balaban J connectivity index is 2.08. The highest BCUT2D eigenvalue weighted by atomic mass is 16.5. The molecule has 4 nitrogen and oxygen atoms in total. The minimum absolute atomic E-state index is 0.238. The Hall–Kier alpha value is -1.26. The maximum atomic E-state index is 9.88. The van der Waals surface area contributed by atoms with Crippen LogP contribution in [0.15, 0.2) is 18.2 Å². The molecule has 4 heteroatoms. The van der Waals surface area contributed by atoms with Gasteiger partial charge in [0.25, 0.3) is 0 Å². The van der Waals surface area contributed by atoms with Gasteiger partial charge in [-0.3, -0.25) is 4.90 Å². The van der Waals surface area contributed by atoms with Gasteiger partial charge in [0.1, 0.15) is 11.5 Å². The van der Waals surface area contributed by atoms with Crippen molar-refractivity contribution in [2.24, 2.45) is 11.7 Å². The third-order valence-corrected chi connectivity index (χ3v) is 3.45. The predicted molar refractivity (Wildman–Crippen MR) is 71.7 cm³/mol. The monoisotopic (exact) mass is 250 g/mol. The molecule has 0 radical (unpaired) electrons. The fourth-order valence-electron chi connectivity index (χ4n) is 2.70. The van der Waals surface area contributed by atoms with E-state index in [2.05, 4.69) is 11.8 Å². The summed E-state index contributed by atoms with van der Waals surface area (Å²) < 4.78 is 5.19. The third-order valence-electron chi connectivity index (χ3n) is 3.45. The molecule has 0 amide bonds. The molecule has 2 atom stereocenters. The average Bonchev–Trinajstić information content (AvgIpc) is 2.30. The first kappa shape index (κ1) is 13.2. The van der Waals surface area contributed by atoms with Crippen LogP contribution in [-0.4, -0.2) is 36.2 Å². The quantitative estimate of drug-likeness (QED) is 0.855. The number of benzene rings is 1. The largest absolute Gasteiger partial charge is 0.508 e. The van der Waals surface area contributed by atoms with Gasteiger partial charge in [0.2, 0.25) is 0 Å². The van der Waals surface area contributed by atoms with Crippen molar-refractivity contribution in [1.29, 1.82) is 0 Å². The van der Waals surface area contributed by atoms with Gasteiger partial charge in [0.05, 0.1) is 7.11 Å². The molecular formula is C14H22N2O2. The molecule has 0 spiro atoms. The molecule has 1 aliphatic rings. The number of nitrogens with zero attached hydrogens (tertiary/aromatic N) is 1. The Labute approximate surface area is 108 Å². The summed E-state index contributed by atoms with van der Waals surface area (Å²) in [6.07, 6.45) is 1.08. The lowest BCUT2D eigenvalue weighted by atomic mass is 9.96. The smallest absolute Gasteiger partial charge is 0.120 e. The first-order valence-corrected chi connectivity index (χ1v) is 6.42. The number of ether oxygens (including phenoxy) is 1. The number of piperidine rings is 1. The molecule has 0 bridgehead atoms. The van der Waals surface area contributed by atoms with Crippen molar-refractivity contribution in [1.82, 2.24) is 4.90 Å². The summed E-state index contributed by atoms with van der Waals surface area (Å²) >= 11 is 0. The summed E-state index contributed by atoms with van der Waals surface area (Å²) in [6.45, 7) is 4.86. The number of nitrogens with two attached hydrogens (primary N) is 1. The number of rotatable bonds is 3. The van der Waals surface area contributed by atoms with Crippen LogP contribution in [0.25, 0.3) is 0 Å². The van der Waals surface area contributed by atoms with E-state index in [4.69, 9.17) is 10.5 Å². The maximum Gasteiger partial charge on any atom is 0.120 e. The van der Waals surface area contributed by atoms with Crippen LogP contribution >= 0.6 is 0 Å². The molecule has 1 aromatic carbocycles. The molecule has 3 N–H and O–H groups in total. The number of aromatic hydroxyl groups is 1. The van der Waals surface area contributed by atoms with E-state index in [1.807, 2.05) is 6.07 Å². The summed E-state index contributed by atoms with van der Waals surface area (Å²) in [6, 6.07) is 5.58. The van der Waals surface area contributed by atoms with Gasteiger partial charge in [-0.25, -0.2) is 0 Å². The molecule has 2 unspecified atom stereocenters. The van der Waals surface area contributed by atoms with E-state index in [0.29, 0.717) is 11.7 Å². The van der Waals surface area contributed by atoms with E-state index in [-0.39, 0.29) is 6.04 Å². The highest BCUT2D eigenvalue weighted by molar-refractivity contribution is 5.39. The first-order valence-electron chi connectivity index (χ1n) is 6.42. The molecule has 0 aliphatic carbocycles. The molecule has 1 saturated heterocycles. The van der Waals surface area contributed by atoms with E-state index in [1.54, 1.807) is 19.2 Å². The zero-order valence-corrected chi connectivity index (χ0v) is 11.1. The fraction of sp³-hybridized carbons (Fsp3) is 0.571. The summed E-state index contributed by atoms with van der Waals surface area (Å²) in [5.74, 6) is 1.71. The summed E-state index contributed by atoms with van der Waals surface area (Å²) in [4.78, 5) is 2.30. The molecule has 0 saturated carbocycles. The maximum absolute atomic E-state index is 9.88. The van der Waals surface area contributed by atoms with Gasteiger partial charge >= 0.3 is 0 Å². The molecule has 0 aromatic heterocycles. The van der Waals surface area contributed by atoms with Crippen LogP contribution in [0.5, 0.6) is 11.5 Å². The number of phenols is 1. The molecule has 100 valence electrons. The molecule has 2 rings (SSSR count). The Morgan fingerprint density at radius 1 is 1.44 bits per heavy atom. The SMILES string of the molecule is COc1ccc(O)c(CN2CC(C)CC(N)C2)c1. The Morgan fingerprint density at radius 3 is 2.89 bits per heavy atom. The zero-order chi connectivity index (χ0) is 13.1. The van der Waals surface area contributed by atoms with Crippen LogP contribution in [-0.2, 0) is 6.54 Å². The second kappa shape index (κ2) is 5.59. The van der Waals surface area contributed by atoms with Crippen molar-refractivity contribution in [3.05, 3.63) is 23.8 Å². The van der Waals surface area contributed by atoms with Gasteiger partial charge in [0.15, 0.2) is 0 Å². The van der Waals surface area contributed by atoms with E-state index in [0.717, 1.165) is 37.4 Å². The average molecular weight is 250 g/mol. The van der Waals surface area contributed by atoms with E-state index >= 15 is 0 Å². The molecule has 1 fully saturated rings. The normalized spacial score (nSPS) is 25.1. The topological polar surface area (TPSA) is 58.7 Å². The lowest BCUT2D eigenvalue weighted by molar-refractivity contribution is 0.157. The molecule has 1 heterocycles. The van der Waals surface area contributed by atoms with Gasteiger partial charge in [-0.15, -0.1) is 0 Å².